The summed E-state index contributed by atoms with van der Waals surface area (Å²) in [4.78, 5) is 17.7. The number of piperidine rings is 2. The van der Waals surface area contributed by atoms with Crippen LogP contribution in [-0.4, -0.2) is 59.1 Å². The van der Waals surface area contributed by atoms with Gasteiger partial charge in [-0.2, -0.15) is 0 Å². The Labute approximate surface area is 192 Å². The van der Waals surface area contributed by atoms with Crippen molar-refractivity contribution in [2.75, 3.05) is 26.2 Å². The molecular formula is C28H36N2O2. The van der Waals surface area contributed by atoms with Crippen LogP contribution in [0.2, 0.25) is 0 Å². The van der Waals surface area contributed by atoms with Crippen molar-refractivity contribution in [2.45, 2.75) is 63.0 Å². The summed E-state index contributed by atoms with van der Waals surface area (Å²) >= 11 is 0. The van der Waals surface area contributed by atoms with E-state index >= 15 is 0 Å². The topological polar surface area (TPSA) is 43.8 Å². The van der Waals surface area contributed by atoms with E-state index in [-0.39, 0.29) is 23.5 Å². The molecule has 1 aliphatic carbocycles. The van der Waals surface area contributed by atoms with Crippen LogP contribution in [0.5, 0.6) is 0 Å². The van der Waals surface area contributed by atoms with Crippen molar-refractivity contribution in [3.63, 3.8) is 0 Å². The molecule has 3 fully saturated rings. The third kappa shape index (κ3) is 4.49. The van der Waals surface area contributed by atoms with Gasteiger partial charge in [0.2, 0.25) is 0 Å². The fourth-order valence-electron chi connectivity index (χ4n) is 6.51. The number of nitrogens with zero attached hydrogens (tertiary/aromatic N) is 2. The molecule has 2 aromatic carbocycles. The maximum atomic E-state index is 13.1. The number of likely N-dealkylation sites (tertiary alicyclic amines) is 2. The molecule has 4 nitrogen and oxygen atoms in total. The van der Waals surface area contributed by atoms with Gasteiger partial charge < -0.3 is 10.0 Å². The van der Waals surface area contributed by atoms with Crippen LogP contribution in [0, 0.1) is 5.41 Å². The molecule has 2 aromatic rings. The normalized spacial score (nSPS) is 29.8. The quantitative estimate of drug-likeness (QED) is 0.764. The average Bonchev–Trinajstić information content (AvgIpc) is 2.86. The number of benzene rings is 2. The summed E-state index contributed by atoms with van der Waals surface area (Å²) in [6.45, 7) is 3.81. The standard InChI is InChI=1S/C28H36N2O2/c31-26-12-16-28(15-7-17-30(21-28)27(32)24-10-5-2-6-11-24)20-25(26)29-18-13-23(14-19-29)22-8-3-1-4-9-22/h1-6,8-11,23,25-26,31H,7,12-21H2/t25-,26-,28-/m0/s1. The van der Waals surface area contributed by atoms with E-state index in [9.17, 15) is 9.90 Å². The van der Waals surface area contributed by atoms with Crippen molar-refractivity contribution < 1.29 is 9.90 Å². The Kier molecular flexibility index (Phi) is 6.34. The van der Waals surface area contributed by atoms with Gasteiger partial charge in [0.25, 0.3) is 5.91 Å². The van der Waals surface area contributed by atoms with Gasteiger partial charge in [-0.05, 0) is 87.1 Å². The van der Waals surface area contributed by atoms with E-state index in [1.54, 1.807) is 0 Å². The van der Waals surface area contributed by atoms with Gasteiger partial charge in [-0.25, -0.2) is 0 Å². The van der Waals surface area contributed by atoms with Crippen LogP contribution in [-0.2, 0) is 0 Å². The summed E-state index contributed by atoms with van der Waals surface area (Å²) in [7, 11) is 0. The second-order valence-corrected chi connectivity index (χ2v) is 10.3. The lowest BCUT2D eigenvalue weighted by Crippen LogP contribution is -2.56. The van der Waals surface area contributed by atoms with Gasteiger partial charge in [-0.15, -0.1) is 0 Å². The molecule has 1 N–H and O–H groups in total. The summed E-state index contributed by atoms with van der Waals surface area (Å²) in [6.07, 6.45) is 7.24. The van der Waals surface area contributed by atoms with Crippen LogP contribution in [0.3, 0.4) is 0 Å². The largest absolute Gasteiger partial charge is 0.391 e. The third-order valence-electron chi connectivity index (χ3n) is 8.30. The predicted octanol–water partition coefficient (Wildman–Crippen LogP) is 4.70. The highest BCUT2D eigenvalue weighted by Crippen LogP contribution is 2.45. The van der Waals surface area contributed by atoms with Crippen LogP contribution in [0.4, 0.5) is 0 Å². The van der Waals surface area contributed by atoms with E-state index in [4.69, 9.17) is 0 Å². The Morgan fingerprint density at radius 1 is 0.875 bits per heavy atom. The highest BCUT2D eigenvalue weighted by atomic mass is 16.3. The molecule has 2 heterocycles. The molecule has 4 heteroatoms. The number of aliphatic hydroxyl groups is 1. The third-order valence-corrected chi connectivity index (χ3v) is 8.30. The van der Waals surface area contributed by atoms with Gasteiger partial charge in [0.15, 0.2) is 0 Å². The Morgan fingerprint density at radius 2 is 1.56 bits per heavy atom. The van der Waals surface area contributed by atoms with E-state index < -0.39 is 0 Å². The fourth-order valence-corrected chi connectivity index (χ4v) is 6.51. The van der Waals surface area contributed by atoms with Crippen molar-refractivity contribution in [3.8, 4) is 0 Å². The molecule has 2 saturated heterocycles. The van der Waals surface area contributed by atoms with Crippen LogP contribution in [0.1, 0.15) is 66.8 Å². The molecule has 0 aromatic heterocycles. The molecule has 0 radical (unpaired) electrons. The molecule has 170 valence electrons. The van der Waals surface area contributed by atoms with E-state index in [1.807, 2.05) is 30.3 Å². The van der Waals surface area contributed by atoms with Gasteiger partial charge in [0.05, 0.1) is 6.10 Å². The average molecular weight is 433 g/mol. The summed E-state index contributed by atoms with van der Waals surface area (Å²) in [5, 5.41) is 10.9. The first-order chi connectivity index (χ1) is 15.6. The van der Waals surface area contributed by atoms with Crippen molar-refractivity contribution >= 4 is 5.91 Å². The van der Waals surface area contributed by atoms with Gasteiger partial charge >= 0.3 is 0 Å². The van der Waals surface area contributed by atoms with Crippen LogP contribution in [0.25, 0.3) is 0 Å². The first-order valence-corrected chi connectivity index (χ1v) is 12.4. The summed E-state index contributed by atoms with van der Waals surface area (Å²) in [5.41, 5.74) is 2.40. The maximum Gasteiger partial charge on any atom is 0.253 e. The zero-order chi connectivity index (χ0) is 22.0. The van der Waals surface area contributed by atoms with E-state index in [1.165, 1.54) is 24.8 Å². The monoisotopic (exact) mass is 432 g/mol. The van der Waals surface area contributed by atoms with Crippen molar-refractivity contribution in [1.82, 2.24) is 9.80 Å². The number of carbonyl (C=O) groups is 1. The van der Waals surface area contributed by atoms with E-state index in [0.717, 1.165) is 57.4 Å². The van der Waals surface area contributed by atoms with E-state index in [0.29, 0.717) is 5.92 Å². The molecule has 3 atom stereocenters. The Bertz CT molecular complexity index is 894. The molecule has 1 spiro atoms. The van der Waals surface area contributed by atoms with Gasteiger partial charge in [-0.3, -0.25) is 9.69 Å². The SMILES string of the molecule is O=C(c1ccccc1)N1CCC[C@@]2(CC[C@H](O)[C@@H](N3CCC(c4ccccc4)CC3)C2)C1. The molecule has 32 heavy (non-hydrogen) atoms. The first kappa shape index (κ1) is 21.7. The number of carbonyl (C=O) groups excluding carboxylic acids is 1. The molecule has 0 unspecified atom stereocenters. The highest BCUT2D eigenvalue weighted by molar-refractivity contribution is 5.94. The molecule has 1 saturated carbocycles. The Morgan fingerprint density at radius 3 is 2.28 bits per heavy atom. The van der Waals surface area contributed by atoms with Gasteiger partial charge in [-0.1, -0.05) is 48.5 Å². The van der Waals surface area contributed by atoms with Crippen LogP contribution >= 0.6 is 0 Å². The molecule has 2 aliphatic heterocycles. The zero-order valence-corrected chi connectivity index (χ0v) is 19.0. The lowest BCUT2D eigenvalue weighted by Gasteiger charge is -2.52. The molecule has 0 bridgehead atoms. The Hall–Kier alpha value is -2.17. The van der Waals surface area contributed by atoms with Crippen LogP contribution in [0.15, 0.2) is 60.7 Å². The highest BCUT2D eigenvalue weighted by Gasteiger charge is 2.45. The predicted molar refractivity (Wildman–Crippen MR) is 128 cm³/mol. The summed E-state index contributed by atoms with van der Waals surface area (Å²) < 4.78 is 0. The minimum atomic E-state index is -0.242. The summed E-state index contributed by atoms with van der Waals surface area (Å²) in [6, 6.07) is 20.8. The van der Waals surface area contributed by atoms with Gasteiger partial charge in [0.1, 0.15) is 0 Å². The first-order valence-electron chi connectivity index (χ1n) is 12.4. The second-order valence-electron chi connectivity index (χ2n) is 10.3. The number of amides is 1. The lowest BCUT2D eigenvalue weighted by atomic mass is 9.66. The number of aliphatic hydroxyl groups excluding tert-OH is 1. The molecule has 1 amide bonds. The molecular weight excluding hydrogens is 396 g/mol. The number of hydrogen-bond acceptors (Lipinski definition) is 3. The van der Waals surface area contributed by atoms with Crippen molar-refractivity contribution in [3.05, 3.63) is 71.8 Å². The van der Waals surface area contributed by atoms with Crippen molar-refractivity contribution in [1.29, 1.82) is 0 Å². The van der Waals surface area contributed by atoms with E-state index in [2.05, 4.69) is 40.1 Å². The number of rotatable bonds is 3. The smallest absolute Gasteiger partial charge is 0.253 e. The maximum absolute atomic E-state index is 13.1. The molecule has 3 aliphatic rings. The number of hydrogen-bond donors (Lipinski definition) is 1. The minimum Gasteiger partial charge on any atom is -0.391 e. The van der Waals surface area contributed by atoms with Gasteiger partial charge in [0, 0.05) is 24.7 Å². The molecule has 5 rings (SSSR count). The summed E-state index contributed by atoms with van der Waals surface area (Å²) in [5.74, 6) is 0.798. The zero-order valence-electron chi connectivity index (χ0n) is 19.0. The Balaban J connectivity index is 1.24. The van der Waals surface area contributed by atoms with Crippen LogP contribution < -0.4 is 0 Å². The second kappa shape index (κ2) is 9.36. The fraction of sp³-hybridized carbons (Fsp3) is 0.536. The minimum absolute atomic E-state index is 0.156. The lowest BCUT2D eigenvalue weighted by molar-refractivity contribution is -0.0546. The van der Waals surface area contributed by atoms with Crippen molar-refractivity contribution in [2.24, 2.45) is 5.41 Å².